The Balaban J connectivity index is 1.74. The molecule has 3 aromatic rings. The zero-order chi connectivity index (χ0) is 16.9. The molecule has 1 aromatic carbocycles. The van der Waals surface area contributed by atoms with Gasteiger partial charge in [-0.15, -0.1) is 0 Å². The smallest absolute Gasteiger partial charge is 0.308 e. The van der Waals surface area contributed by atoms with Crippen LogP contribution in [0.25, 0.3) is 5.52 Å². The van der Waals surface area contributed by atoms with Crippen molar-refractivity contribution in [1.82, 2.24) is 4.40 Å². The molecule has 0 atom stereocenters. The first-order valence-corrected chi connectivity index (χ1v) is 8.82. The SMILES string of the molecule is CC(=O)Oc1c(I)c(CCOCc2ccccc2)n2ccccc12. The van der Waals surface area contributed by atoms with Gasteiger partial charge in [0.25, 0.3) is 0 Å². The van der Waals surface area contributed by atoms with Crippen LogP contribution in [0.3, 0.4) is 0 Å². The monoisotopic (exact) mass is 435 g/mol. The molecule has 0 bridgehead atoms. The van der Waals surface area contributed by atoms with E-state index in [1.807, 2.05) is 42.6 Å². The van der Waals surface area contributed by atoms with Gasteiger partial charge in [0, 0.05) is 25.2 Å². The molecule has 0 aliphatic carbocycles. The van der Waals surface area contributed by atoms with E-state index in [4.69, 9.17) is 9.47 Å². The van der Waals surface area contributed by atoms with Crippen LogP contribution in [0.4, 0.5) is 0 Å². The Hall–Kier alpha value is -1.86. The van der Waals surface area contributed by atoms with Crippen LogP contribution in [0.1, 0.15) is 18.2 Å². The second-order valence-corrected chi connectivity index (χ2v) is 6.51. The number of halogens is 1. The fourth-order valence-corrected chi connectivity index (χ4v) is 3.53. The molecule has 124 valence electrons. The lowest BCUT2D eigenvalue weighted by atomic mass is 10.2. The molecule has 2 heterocycles. The maximum Gasteiger partial charge on any atom is 0.308 e. The molecule has 0 radical (unpaired) electrons. The number of ether oxygens (including phenoxy) is 2. The standard InChI is InChI=1S/C19H18INO3/c1-14(22)24-19-17-9-5-6-11-21(17)16(18(19)20)10-12-23-13-15-7-3-2-4-8-15/h2-9,11H,10,12-13H2,1H3. The predicted octanol–water partition coefficient (Wildman–Crippen LogP) is 4.23. The number of benzene rings is 1. The molecule has 0 N–H and O–H groups in total. The van der Waals surface area contributed by atoms with Crippen LogP contribution < -0.4 is 4.74 Å². The lowest BCUT2D eigenvalue weighted by Gasteiger charge is -2.06. The van der Waals surface area contributed by atoms with Gasteiger partial charge in [-0.2, -0.15) is 0 Å². The topological polar surface area (TPSA) is 39.9 Å². The number of fused-ring (bicyclic) bond motifs is 1. The van der Waals surface area contributed by atoms with Crippen LogP contribution in [0, 0.1) is 3.57 Å². The normalized spacial score (nSPS) is 10.9. The maximum absolute atomic E-state index is 11.4. The van der Waals surface area contributed by atoms with Gasteiger partial charge in [-0.25, -0.2) is 0 Å². The molecule has 2 aromatic heterocycles. The lowest BCUT2D eigenvalue weighted by Crippen LogP contribution is -2.03. The van der Waals surface area contributed by atoms with E-state index in [9.17, 15) is 4.79 Å². The van der Waals surface area contributed by atoms with Gasteiger partial charge in [0.15, 0.2) is 5.75 Å². The predicted molar refractivity (Wildman–Crippen MR) is 101 cm³/mol. The number of hydrogen-bond donors (Lipinski definition) is 0. The van der Waals surface area contributed by atoms with Gasteiger partial charge in [-0.1, -0.05) is 36.4 Å². The van der Waals surface area contributed by atoms with Crippen molar-refractivity contribution in [2.75, 3.05) is 6.61 Å². The molecule has 3 rings (SSSR count). The van der Waals surface area contributed by atoms with Crippen molar-refractivity contribution in [3.05, 3.63) is 69.6 Å². The minimum atomic E-state index is -0.309. The number of carbonyl (C=O) groups excluding carboxylic acids is 1. The van der Waals surface area contributed by atoms with Gasteiger partial charge in [0.05, 0.1) is 22.3 Å². The molecule has 0 saturated heterocycles. The van der Waals surface area contributed by atoms with Crippen LogP contribution in [0.2, 0.25) is 0 Å². The molecule has 0 aliphatic rings. The minimum Gasteiger partial charge on any atom is -0.423 e. The van der Waals surface area contributed by atoms with Crippen LogP contribution in [0.15, 0.2) is 54.7 Å². The largest absolute Gasteiger partial charge is 0.423 e. The van der Waals surface area contributed by atoms with E-state index < -0.39 is 0 Å². The van der Waals surface area contributed by atoms with E-state index in [0.717, 1.165) is 26.8 Å². The summed E-state index contributed by atoms with van der Waals surface area (Å²) in [6.07, 6.45) is 2.73. The number of esters is 1. The van der Waals surface area contributed by atoms with Crippen LogP contribution in [-0.2, 0) is 22.6 Å². The Labute approximate surface area is 154 Å². The average molecular weight is 435 g/mol. The molecular weight excluding hydrogens is 417 g/mol. The number of hydrogen-bond acceptors (Lipinski definition) is 3. The van der Waals surface area contributed by atoms with Gasteiger partial charge in [-0.05, 0) is 40.3 Å². The van der Waals surface area contributed by atoms with Crippen molar-refractivity contribution >= 4 is 34.1 Å². The first kappa shape index (κ1) is 17.0. The Bertz CT molecular complexity index is 842. The first-order chi connectivity index (χ1) is 11.7. The number of aromatic nitrogens is 1. The van der Waals surface area contributed by atoms with Crippen molar-refractivity contribution in [2.24, 2.45) is 0 Å². The summed E-state index contributed by atoms with van der Waals surface area (Å²) in [6, 6.07) is 16.0. The maximum atomic E-state index is 11.4. The van der Waals surface area contributed by atoms with Crippen LogP contribution >= 0.6 is 22.6 Å². The Morgan fingerprint density at radius 1 is 1.12 bits per heavy atom. The molecule has 0 spiro atoms. The van der Waals surface area contributed by atoms with Crippen LogP contribution in [-0.4, -0.2) is 17.0 Å². The summed E-state index contributed by atoms with van der Waals surface area (Å²) in [5.41, 5.74) is 3.15. The fourth-order valence-electron chi connectivity index (χ4n) is 2.62. The summed E-state index contributed by atoms with van der Waals surface area (Å²) in [4.78, 5) is 11.4. The molecular formula is C19H18INO3. The van der Waals surface area contributed by atoms with Gasteiger partial charge in [-0.3, -0.25) is 4.79 Å². The van der Waals surface area contributed by atoms with Gasteiger partial charge in [0.2, 0.25) is 0 Å². The minimum absolute atomic E-state index is 0.309. The van der Waals surface area contributed by atoms with E-state index in [1.165, 1.54) is 6.92 Å². The van der Waals surface area contributed by atoms with E-state index in [-0.39, 0.29) is 5.97 Å². The average Bonchev–Trinajstić information content (AvgIpc) is 2.85. The highest BCUT2D eigenvalue weighted by molar-refractivity contribution is 14.1. The molecule has 0 aliphatic heterocycles. The van der Waals surface area contributed by atoms with Crippen molar-refractivity contribution in [2.45, 2.75) is 20.0 Å². The second kappa shape index (κ2) is 7.81. The van der Waals surface area contributed by atoms with Crippen molar-refractivity contribution in [3.63, 3.8) is 0 Å². The quantitative estimate of drug-likeness (QED) is 0.331. The highest BCUT2D eigenvalue weighted by Gasteiger charge is 2.18. The zero-order valence-electron chi connectivity index (χ0n) is 13.4. The Morgan fingerprint density at radius 3 is 2.62 bits per heavy atom. The summed E-state index contributed by atoms with van der Waals surface area (Å²) in [5.74, 6) is 0.318. The molecule has 4 nitrogen and oxygen atoms in total. The van der Waals surface area contributed by atoms with Crippen molar-refractivity contribution in [1.29, 1.82) is 0 Å². The second-order valence-electron chi connectivity index (χ2n) is 5.43. The number of rotatable bonds is 6. The summed E-state index contributed by atoms with van der Waals surface area (Å²) in [5, 5.41) is 0. The lowest BCUT2D eigenvalue weighted by molar-refractivity contribution is -0.131. The zero-order valence-corrected chi connectivity index (χ0v) is 15.5. The molecule has 5 heteroatoms. The summed E-state index contributed by atoms with van der Waals surface area (Å²) in [7, 11) is 0. The summed E-state index contributed by atoms with van der Waals surface area (Å²) in [6.45, 7) is 2.62. The molecule has 0 unspecified atom stereocenters. The van der Waals surface area contributed by atoms with E-state index in [2.05, 4.69) is 39.1 Å². The molecule has 0 saturated carbocycles. The highest BCUT2D eigenvalue weighted by atomic mass is 127. The third-order valence-electron chi connectivity index (χ3n) is 3.68. The first-order valence-electron chi connectivity index (χ1n) is 7.74. The van der Waals surface area contributed by atoms with Gasteiger partial charge < -0.3 is 13.9 Å². The fraction of sp³-hybridized carbons (Fsp3) is 0.211. The molecule has 24 heavy (non-hydrogen) atoms. The number of pyridine rings is 1. The summed E-state index contributed by atoms with van der Waals surface area (Å²) < 4.78 is 14.2. The molecule has 0 amide bonds. The third-order valence-corrected chi connectivity index (χ3v) is 4.79. The highest BCUT2D eigenvalue weighted by Crippen LogP contribution is 2.33. The molecule has 0 fully saturated rings. The Morgan fingerprint density at radius 2 is 1.88 bits per heavy atom. The van der Waals surface area contributed by atoms with E-state index in [1.54, 1.807) is 0 Å². The van der Waals surface area contributed by atoms with Crippen LogP contribution in [0.5, 0.6) is 5.75 Å². The third kappa shape index (κ3) is 3.79. The van der Waals surface area contributed by atoms with E-state index >= 15 is 0 Å². The number of carbonyl (C=O) groups is 1. The Kier molecular flexibility index (Phi) is 5.52. The summed E-state index contributed by atoms with van der Waals surface area (Å²) >= 11 is 2.24. The van der Waals surface area contributed by atoms with Crippen molar-refractivity contribution in [3.8, 4) is 5.75 Å². The number of nitrogens with zero attached hydrogens (tertiary/aromatic N) is 1. The van der Waals surface area contributed by atoms with E-state index in [0.29, 0.717) is 19.0 Å². The van der Waals surface area contributed by atoms with Gasteiger partial charge in [0.1, 0.15) is 0 Å². The van der Waals surface area contributed by atoms with Gasteiger partial charge >= 0.3 is 5.97 Å². The van der Waals surface area contributed by atoms with Crippen molar-refractivity contribution < 1.29 is 14.3 Å².